The van der Waals surface area contributed by atoms with Crippen molar-refractivity contribution < 1.29 is 140 Å². The van der Waals surface area contributed by atoms with Crippen LogP contribution >= 0.6 is 23.5 Å². The molecule has 0 radical (unpaired) electrons. The number of phosphoric acid groups is 3. The molecule has 0 spiro atoms. The van der Waals surface area contributed by atoms with E-state index in [4.69, 9.17) is 24.5 Å². The van der Waals surface area contributed by atoms with Crippen LogP contribution in [0.3, 0.4) is 0 Å². The molecule has 0 fully saturated rings. The molecule has 16 heavy (non-hydrogen) atoms. The second-order valence-electron chi connectivity index (χ2n) is 1.61. The molecule has 16 heteroatoms. The molecule has 0 aliphatic heterocycles. The van der Waals surface area contributed by atoms with Crippen molar-refractivity contribution in [2.75, 3.05) is 0 Å². The molecule has 0 aromatic rings. The van der Waals surface area contributed by atoms with Gasteiger partial charge in [0.05, 0.1) is 0 Å². The van der Waals surface area contributed by atoms with Gasteiger partial charge in [-0.2, -0.15) is 8.62 Å². The molecule has 0 bridgehead atoms. The summed E-state index contributed by atoms with van der Waals surface area (Å²) in [7, 11) is -16.2. The monoisotopic (exact) mass is 330 g/mol. The van der Waals surface area contributed by atoms with Gasteiger partial charge in [0, 0.05) is 0 Å². The van der Waals surface area contributed by atoms with Crippen LogP contribution in [0.15, 0.2) is 0 Å². The Hall–Kier alpha value is 3.41. The van der Waals surface area contributed by atoms with Gasteiger partial charge in [0.15, 0.2) is 0 Å². The van der Waals surface area contributed by atoms with E-state index >= 15 is 0 Å². The summed E-state index contributed by atoms with van der Waals surface area (Å²) >= 11 is 0. The molecule has 86 valence electrons. The zero-order chi connectivity index (χ0) is 10.9. The fourth-order valence-electron chi connectivity index (χ4n) is 0.284. The summed E-state index contributed by atoms with van der Waals surface area (Å²) in [6, 6.07) is 0. The van der Waals surface area contributed by atoms with E-state index in [1.165, 1.54) is 0 Å². The minimum Gasteiger partial charge on any atom is -1.00 e. The summed E-state index contributed by atoms with van der Waals surface area (Å²) in [6.07, 6.45) is 0. The van der Waals surface area contributed by atoms with Crippen molar-refractivity contribution in [2.45, 2.75) is 0 Å². The molecule has 0 aliphatic carbocycles. The van der Waals surface area contributed by atoms with Gasteiger partial charge < -0.3 is 28.7 Å². The van der Waals surface area contributed by atoms with E-state index < -0.39 is 23.5 Å². The third kappa shape index (κ3) is 19.7. The van der Waals surface area contributed by atoms with Crippen molar-refractivity contribution >= 4 is 23.5 Å². The van der Waals surface area contributed by atoms with Crippen molar-refractivity contribution in [3.63, 3.8) is 0 Å². The van der Waals surface area contributed by atoms with E-state index in [2.05, 4.69) is 8.62 Å². The Morgan fingerprint density at radius 3 is 1.00 bits per heavy atom. The maximum absolute atomic E-state index is 10.4. The fraction of sp³-hybridized carbons (Fsp3) is 0. The fourth-order valence-corrected chi connectivity index (χ4v) is 2.82. The average Bonchev–Trinajstić information content (AvgIpc) is 1.43. The van der Waals surface area contributed by atoms with E-state index in [1.54, 1.807) is 0 Å². The van der Waals surface area contributed by atoms with E-state index in [0.29, 0.717) is 0 Å². The summed E-state index contributed by atoms with van der Waals surface area (Å²) < 4.78 is 36.4. The molecular formula is H8Na3O10P3. The Balaban J connectivity index is -0.0000000480. The van der Waals surface area contributed by atoms with Crippen LogP contribution in [0.4, 0.5) is 0 Å². The molecule has 0 aliphatic rings. The Labute approximate surface area is 161 Å². The number of hydrogen-bond donors (Lipinski definition) is 5. The summed E-state index contributed by atoms with van der Waals surface area (Å²) in [6.45, 7) is 0. The zero-order valence-corrected chi connectivity index (χ0v) is 17.3. The van der Waals surface area contributed by atoms with E-state index in [-0.39, 0.29) is 93.0 Å². The normalized spacial score (nSPS) is 11.8. The summed E-state index contributed by atoms with van der Waals surface area (Å²) in [4.78, 5) is 40.2. The Morgan fingerprint density at radius 2 is 0.875 bits per heavy atom. The molecule has 0 saturated heterocycles. The summed E-state index contributed by atoms with van der Waals surface area (Å²) in [5, 5.41) is 0. The van der Waals surface area contributed by atoms with Crippen LogP contribution in [0.2, 0.25) is 0 Å². The van der Waals surface area contributed by atoms with Crippen molar-refractivity contribution in [2.24, 2.45) is 0 Å². The van der Waals surface area contributed by atoms with Gasteiger partial charge in [0.1, 0.15) is 0 Å². The topological polar surface area (TPSA) is 171 Å². The molecule has 0 unspecified atom stereocenters. The van der Waals surface area contributed by atoms with Crippen molar-refractivity contribution in [1.82, 2.24) is 0 Å². The van der Waals surface area contributed by atoms with Crippen LogP contribution < -0.4 is 88.7 Å². The third-order valence-corrected chi connectivity index (χ3v) is 3.77. The van der Waals surface area contributed by atoms with Crippen LogP contribution in [0.1, 0.15) is 4.28 Å². The maximum atomic E-state index is 10.4. The van der Waals surface area contributed by atoms with Gasteiger partial charge in [-0.1, -0.05) is 0 Å². The van der Waals surface area contributed by atoms with Gasteiger partial charge in [-0.15, -0.1) is 0 Å². The average molecular weight is 330 g/mol. The van der Waals surface area contributed by atoms with Gasteiger partial charge in [-0.3, -0.25) is 0 Å². The Bertz CT molecular complexity index is 295. The molecule has 0 aromatic carbocycles. The largest absolute Gasteiger partial charge is 1.00 e. The number of hydrogen-bond acceptors (Lipinski definition) is 5. The van der Waals surface area contributed by atoms with Crippen LogP contribution in [0, 0.1) is 0 Å². The zero-order valence-electron chi connectivity index (χ0n) is 11.6. The first-order chi connectivity index (χ1) is 5.41. The molecule has 0 heterocycles. The van der Waals surface area contributed by atoms with Gasteiger partial charge in [0.25, 0.3) is 0 Å². The van der Waals surface area contributed by atoms with Crippen LogP contribution in [0.25, 0.3) is 0 Å². The summed E-state index contributed by atoms with van der Waals surface area (Å²) in [5.41, 5.74) is 0. The predicted octanol–water partition coefficient (Wildman–Crippen LogP) is -9.35. The van der Waals surface area contributed by atoms with Gasteiger partial charge in [-0.25, -0.2) is 13.7 Å². The Morgan fingerprint density at radius 1 is 0.688 bits per heavy atom. The third-order valence-electron chi connectivity index (χ3n) is 0.419. The summed E-state index contributed by atoms with van der Waals surface area (Å²) in [5.74, 6) is 0. The van der Waals surface area contributed by atoms with Crippen LogP contribution in [-0.2, 0) is 22.3 Å². The first kappa shape index (κ1) is 27.7. The van der Waals surface area contributed by atoms with Gasteiger partial charge >= 0.3 is 112 Å². The molecule has 0 atom stereocenters. The minimum absolute atomic E-state index is 0. The van der Waals surface area contributed by atoms with Gasteiger partial charge in [-0.05, 0) is 0 Å². The van der Waals surface area contributed by atoms with E-state index in [9.17, 15) is 13.7 Å². The molecular weight excluding hydrogens is 322 g/mol. The first-order valence-electron chi connectivity index (χ1n) is 2.28. The molecule has 5 N–H and O–H groups in total. The Kier molecular flexibility index (Phi) is 17.6. The molecule has 0 amide bonds. The van der Waals surface area contributed by atoms with Crippen LogP contribution in [-0.4, -0.2) is 24.5 Å². The van der Waals surface area contributed by atoms with Crippen molar-refractivity contribution in [1.29, 1.82) is 0 Å². The van der Waals surface area contributed by atoms with Crippen molar-refractivity contribution in [3.8, 4) is 0 Å². The van der Waals surface area contributed by atoms with Gasteiger partial charge in [0.2, 0.25) is 0 Å². The van der Waals surface area contributed by atoms with E-state index in [1.807, 2.05) is 0 Å². The standard InChI is InChI=1S/3Na.H5O10P3.3H/c;;;1-11(2,3)9-13(7,8)10-12(4,5)6;;;/h;;;(H,7,8)(H2,1,2,3)(H2,4,5,6);;;/q3*+1;;3*-1. The molecule has 0 rings (SSSR count). The minimum atomic E-state index is -5.46. The second kappa shape index (κ2) is 10.2. The van der Waals surface area contributed by atoms with E-state index in [0.717, 1.165) is 0 Å². The number of rotatable bonds is 4. The molecule has 0 saturated carbocycles. The van der Waals surface area contributed by atoms with Crippen LogP contribution in [0.5, 0.6) is 0 Å². The smallest absolute Gasteiger partial charge is 1.00 e. The quantitative estimate of drug-likeness (QED) is 0.246. The van der Waals surface area contributed by atoms with Crippen molar-refractivity contribution in [3.05, 3.63) is 0 Å². The second-order valence-corrected chi connectivity index (χ2v) is 5.82. The maximum Gasteiger partial charge on any atom is 1.00 e. The molecule has 10 nitrogen and oxygen atoms in total. The first-order valence-corrected chi connectivity index (χ1v) is 6.83. The predicted molar refractivity (Wildman–Crippen MR) is 39.4 cm³/mol. The SMILES string of the molecule is O=P(O)(O)OP(=O)(O)OP(=O)(O)O.[H-].[H-].[H-].[Na+].[Na+].[Na+]. The molecule has 0 aromatic heterocycles.